The van der Waals surface area contributed by atoms with E-state index in [1.165, 1.54) is 0 Å². The maximum Gasteiger partial charge on any atom is 0.276 e. The molecule has 2 fully saturated rings. The summed E-state index contributed by atoms with van der Waals surface area (Å²) in [6.45, 7) is 4.10. The summed E-state index contributed by atoms with van der Waals surface area (Å²) in [5, 5.41) is 8.59. The van der Waals surface area contributed by atoms with Gasteiger partial charge >= 0.3 is 0 Å². The summed E-state index contributed by atoms with van der Waals surface area (Å²) in [7, 11) is 0. The largest absolute Gasteiger partial charge is 0.377 e. The van der Waals surface area contributed by atoms with Crippen LogP contribution in [-0.4, -0.2) is 51.6 Å². The molecule has 1 saturated heterocycles. The van der Waals surface area contributed by atoms with Gasteiger partial charge in [-0.05, 0) is 44.7 Å². The smallest absolute Gasteiger partial charge is 0.276 e. The Morgan fingerprint density at radius 3 is 2.76 bits per heavy atom. The van der Waals surface area contributed by atoms with E-state index >= 15 is 0 Å². The third-order valence-electron chi connectivity index (χ3n) is 4.94. The lowest BCUT2D eigenvalue weighted by molar-refractivity contribution is 0.00698. The number of carbonyl (C=O) groups excluding carboxylic acids is 1. The lowest BCUT2D eigenvalue weighted by Gasteiger charge is -2.32. The van der Waals surface area contributed by atoms with Crippen molar-refractivity contribution in [2.75, 3.05) is 19.7 Å². The minimum Gasteiger partial charge on any atom is -0.377 e. The standard InChI is InChI=1S/C19H24N4O2/c1-2-25-16-9-6-12-22(13-16)19(24)17-18(14-10-11-14)23(21-20-17)15-7-4-3-5-8-15/h3-5,7-8,14,16H,2,6,9-13H2,1H3/t16-/m0/s1. The van der Waals surface area contributed by atoms with E-state index < -0.39 is 0 Å². The Kier molecular flexibility index (Phi) is 4.53. The van der Waals surface area contributed by atoms with Crippen LogP contribution in [0.2, 0.25) is 0 Å². The van der Waals surface area contributed by atoms with Gasteiger partial charge in [-0.3, -0.25) is 4.79 Å². The van der Waals surface area contributed by atoms with Crippen LogP contribution in [0.5, 0.6) is 0 Å². The first-order chi connectivity index (χ1) is 12.3. The average molecular weight is 340 g/mol. The van der Waals surface area contributed by atoms with Gasteiger partial charge in [0.25, 0.3) is 5.91 Å². The maximum absolute atomic E-state index is 13.1. The molecule has 4 rings (SSSR count). The number of nitrogens with zero attached hydrogens (tertiary/aromatic N) is 4. The number of hydrogen-bond donors (Lipinski definition) is 0. The Hall–Kier alpha value is -2.21. The fourth-order valence-corrected chi connectivity index (χ4v) is 3.57. The first-order valence-corrected chi connectivity index (χ1v) is 9.19. The van der Waals surface area contributed by atoms with Crippen LogP contribution in [0.4, 0.5) is 0 Å². The summed E-state index contributed by atoms with van der Waals surface area (Å²) in [5.41, 5.74) is 2.44. The van der Waals surface area contributed by atoms with E-state index in [-0.39, 0.29) is 12.0 Å². The maximum atomic E-state index is 13.1. The molecule has 1 saturated carbocycles. The van der Waals surface area contributed by atoms with Crippen LogP contribution in [0.25, 0.3) is 5.69 Å². The third-order valence-corrected chi connectivity index (χ3v) is 4.94. The predicted octanol–water partition coefficient (Wildman–Crippen LogP) is 2.79. The molecule has 0 unspecified atom stereocenters. The molecule has 2 aromatic rings. The van der Waals surface area contributed by atoms with Crippen molar-refractivity contribution in [1.82, 2.24) is 19.9 Å². The van der Waals surface area contributed by atoms with Crippen molar-refractivity contribution < 1.29 is 9.53 Å². The van der Waals surface area contributed by atoms with Crippen LogP contribution in [0.3, 0.4) is 0 Å². The van der Waals surface area contributed by atoms with Gasteiger partial charge in [-0.2, -0.15) is 0 Å². The van der Waals surface area contributed by atoms with E-state index in [0.29, 0.717) is 24.8 Å². The van der Waals surface area contributed by atoms with Gasteiger partial charge in [0.2, 0.25) is 0 Å². The van der Waals surface area contributed by atoms with Gasteiger partial charge in [0.1, 0.15) is 0 Å². The highest BCUT2D eigenvalue weighted by molar-refractivity contribution is 5.93. The van der Waals surface area contributed by atoms with E-state index in [0.717, 1.165) is 43.6 Å². The third kappa shape index (κ3) is 3.31. The Labute approximate surface area is 147 Å². The van der Waals surface area contributed by atoms with Crippen LogP contribution in [-0.2, 0) is 4.74 Å². The van der Waals surface area contributed by atoms with E-state index in [2.05, 4.69) is 10.3 Å². The highest BCUT2D eigenvalue weighted by Gasteiger charge is 2.36. The van der Waals surface area contributed by atoms with Crippen molar-refractivity contribution in [1.29, 1.82) is 0 Å². The van der Waals surface area contributed by atoms with Gasteiger partial charge < -0.3 is 9.64 Å². The van der Waals surface area contributed by atoms with Crippen LogP contribution in [0, 0.1) is 0 Å². The number of para-hydroxylation sites is 1. The normalized spacial score (nSPS) is 20.7. The molecule has 1 aromatic carbocycles. The van der Waals surface area contributed by atoms with Gasteiger partial charge in [-0.15, -0.1) is 5.10 Å². The number of piperidine rings is 1. The molecule has 1 aromatic heterocycles. The first-order valence-electron chi connectivity index (χ1n) is 9.19. The Balaban J connectivity index is 1.62. The van der Waals surface area contributed by atoms with Crippen LogP contribution >= 0.6 is 0 Å². The minimum absolute atomic E-state index is 0.00603. The second-order valence-electron chi connectivity index (χ2n) is 6.82. The van der Waals surface area contributed by atoms with Crippen LogP contribution in [0.1, 0.15) is 54.7 Å². The van der Waals surface area contributed by atoms with Gasteiger partial charge in [0, 0.05) is 25.6 Å². The zero-order valence-electron chi connectivity index (χ0n) is 14.6. The summed E-state index contributed by atoms with van der Waals surface area (Å²) < 4.78 is 7.57. The molecule has 6 nitrogen and oxygen atoms in total. The number of rotatable bonds is 5. The first kappa shape index (κ1) is 16.3. The number of amides is 1. The van der Waals surface area contributed by atoms with E-state index in [1.54, 1.807) is 0 Å². The number of likely N-dealkylation sites (tertiary alicyclic amines) is 1. The molecule has 2 aliphatic rings. The molecule has 0 spiro atoms. The molecule has 1 atom stereocenters. The summed E-state index contributed by atoms with van der Waals surface area (Å²) in [6, 6.07) is 9.94. The van der Waals surface area contributed by atoms with Crippen molar-refractivity contribution >= 4 is 5.91 Å². The molecule has 2 heterocycles. The minimum atomic E-state index is -0.00603. The zero-order valence-corrected chi connectivity index (χ0v) is 14.6. The number of aromatic nitrogens is 3. The van der Waals surface area contributed by atoms with Gasteiger partial charge in [-0.1, -0.05) is 23.4 Å². The van der Waals surface area contributed by atoms with Crippen molar-refractivity contribution in [3.63, 3.8) is 0 Å². The Bertz CT molecular complexity index is 737. The molecule has 1 aliphatic carbocycles. The van der Waals surface area contributed by atoms with Crippen molar-refractivity contribution in [3.05, 3.63) is 41.7 Å². The van der Waals surface area contributed by atoms with Crippen LogP contribution in [0.15, 0.2) is 30.3 Å². The Morgan fingerprint density at radius 1 is 1.24 bits per heavy atom. The fraction of sp³-hybridized carbons (Fsp3) is 0.526. The molecule has 132 valence electrons. The van der Waals surface area contributed by atoms with Crippen molar-refractivity contribution in [2.45, 2.75) is 44.6 Å². The number of benzene rings is 1. The topological polar surface area (TPSA) is 60.2 Å². The molecule has 6 heteroatoms. The monoisotopic (exact) mass is 340 g/mol. The predicted molar refractivity (Wildman–Crippen MR) is 93.9 cm³/mol. The van der Waals surface area contributed by atoms with E-state index in [1.807, 2.05) is 46.8 Å². The Morgan fingerprint density at radius 2 is 2.04 bits per heavy atom. The van der Waals surface area contributed by atoms with E-state index in [4.69, 9.17) is 4.74 Å². The summed E-state index contributed by atoms with van der Waals surface area (Å²) in [6.07, 6.45) is 4.33. The molecular formula is C19H24N4O2. The number of carbonyl (C=O) groups is 1. The molecule has 25 heavy (non-hydrogen) atoms. The molecule has 0 bridgehead atoms. The summed E-state index contributed by atoms with van der Waals surface area (Å²) in [4.78, 5) is 15.0. The molecule has 0 N–H and O–H groups in total. The fourth-order valence-electron chi connectivity index (χ4n) is 3.57. The van der Waals surface area contributed by atoms with Gasteiger partial charge in [0.05, 0.1) is 17.5 Å². The lowest BCUT2D eigenvalue weighted by Crippen LogP contribution is -2.43. The summed E-state index contributed by atoms with van der Waals surface area (Å²) in [5.74, 6) is 0.384. The number of ether oxygens (including phenoxy) is 1. The average Bonchev–Trinajstić information content (AvgIpc) is 3.40. The molecule has 1 aliphatic heterocycles. The zero-order chi connectivity index (χ0) is 17.2. The highest BCUT2D eigenvalue weighted by Crippen LogP contribution is 2.42. The second kappa shape index (κ2) is 6.96. The SMILES string of the molecule is CCO[C@H]1CCCN(C(=O)c2nnn(-c3ccccc3)c2C2CC2)C1. The lowest BCUT2D eigenvalue weighted by atomic mass is 10.1. The molecular weight excluding hydrogens is 316 g/mol. The quantitative estimate of drug-likeness (QED) is 0.840. The van der Waals surface area contributed by atoms with Crippen molar-refractivity contribution in [3.8, 4) is 5.69 Å². The highest BCUT2D eigenvalue weighted by atomic mass is 16.5. The molecule has 1 amide bonds. The summed E-state index contributed by atoms with van der Waals surface area (Å²) >= 11 is 0. The number of hydrogen-bond acceptors (Lipinski definition) is 4. The van der Waals surface area contributed by atoms with Gasteiger partial charge in [0.15, 0.2) is 5.69 Å². The molecule has 0 radical (unpaired) electrons. The van der Waals surface area contributed by atoms with Crippen LogP contribution < -0.4 is 0 Å². The van der Waals surface area contributed by atoms with Gasteiger partial charge in [-0.25, -0.2) is 4.68 Å². The second-order valence-corrected chi connectivity index (χ2v) is 6.82. The van der Waals surface area contributed by atoms with E-state index in [9.17, 15) is 4.79 Å². The van der Waals surface area contributed by atoms with Crippen molar-refractivity contribution in [2.24, 2.45) is 0 Å².